The van der Waals surface area contributed by atoms with Gasteiger partial charge in [-0.15, -0.1) is 0 Å². The largest absolute Gasteiger partial charge is 3.00 e. The van der Waals surface area contributed by atoms with Gasteiger partial charge in [0, 0.05) is 0 Å². The first-order chi connectivity index (χ1) is 3.00. The van der Waals surface area contributed by atoms with E-state index in [0.29, 0.717) is 0 Å². The van der Waals surface area contributed by atoms with Crippen LogP contribution in [0, 0.1) is 20.0 Å². The van der Waals surface area contributed by atoms with Gasteiger partial charge >= 0.3 is 53.4 Å². The summed E-state index contributed by atoms with van der Waals surface area (Å²) in [6, 6.07) is 0. The molecule has 10 heavy (non-hydrogen) atoms. The average molecular weight is 239 g/mol. The van der Waals surface area contributed by atoms with Crippen LogP contribution in [0.25, 0.3) is 0 Å². The van der Waals surface area contributed by atoms with Crippen LogP contribution in [0.4, 0.5) is 0 Å². The normalized spacial score (nSPS) is 0.600. The molecule has 0 atom stereocenters. The summed E-state index contributed by atoms with van der Waals surface area (Å²) in [5, 5.41) is 0. The summed E-state index contributed by atoms with van der Waals surface area (Å²) < 4.78 is 22.5. The summed E-state index contributed by atoms with van der Waals surface area (Å²) >= 11 is 0. The van der Waals surface area contributed by atoms with Crippen LogP contribution in [0.3, 0.4) is 0 Å². The van der Waals surface area contributed by atoms with E-state index in [1.54, 1.807) is 0 Å². The van der Waals surface area contributed by atoms with E-state index in [4.69, 9.17) is 14.0 Å². The molecule has 1 radical (unpaired) electrons. The molecular formula is C3H6O6Ru+3. The Kier molecular flexibility index (Phi) is 67800. The minimum atomic E-state index is 0. The fourth-order valence-corrected chi connectivity index (χ4v) is 0. The Hall–Kier alpha value is -0.277. The summed E-state index contributed by atoms with van der Waals surface area (Å²) in [4.78, 5) is 0. The Morgan fingerprint density at radius 3 is 0.500 bits per heavy atom. The number of hydrogen-bond donors (Lipinski definition) is 0. The zero-order chi connectivity index (χ0) is 6.00. The quantitative estimate of drug-likeness (QED) is 0.247. The first-order valence-electron chi connectivity index (χ1n) is 0.612. The maximum atomic E-state index is 7.50. The van der Waals surface area contributed by atoms with Crippen LogP contribution in [-0.2, 0) is 33.4 Å². The molecule has 0 saturated heterocycles. The molecule has 0 fully saturated rings. The predicted octanol–water partition coefficient (Wildman–Crippen LogP) is -2.59. The van der Waals surface area contributed by atoms with Crippen molar-refractivity contribution in [2.75, 3.05) is 0 Å². The van der Waals surface area contributed by atoms with Crippen molar-refractivity contribution in [3.05, 3.63) is 20.0 Å². The van der Waals surface area contributed by atoms with E-state index in [9.17, 15) is 0 Å². The third-order valence-electron chi connectivity index (χ3n) is 0. The van der Waals surface area contributed by atoms with Crippen molar-refractivity contribution in [1.82, 2.24) is 0 Å². The molecular weight excluding hydrogens is 233 g/mol. The van der Waals surface area contributed by atoms with E-state index in [1.165, 1.54) is 0 Å². The molecule has 0 bridgehead atoms. The van der Waals surface area contributed by atoms with Crippen molar-refractivity contribution in [2.45, 2.75) is 0 Å². The second kappa shape index (κ2) is 6800. The zero-order valence-electron chi connectivity index (χ0n) is 4.58. The van der Waals surface area contributed by atoms with Crippen molar-refractivity contribution < 1.29 is 49.9 Å². The Labute approximate surface area is 70.4 Å². The van der Waals surface area contributed by atoms with E-state index in [1.807, 2.05) is 0 Å². The monoisotopic (exact) mass is 240 g/mol. The topological polar surface area (TPSA) is 154 Å². The van der Waals surface area contributed by atoms with Gasteiger partial charge in [0.1, 0.15) is 0 Å². The third-order valence-corrected chi connectivity index (χ3v) is 0. The second-order valence-electron chi connectivity index (χ2n) is 0. The fourth-order valence-electron chi connectivity index (χ4n) is 0. The SMILES string of the molecule is O.O.O.[C-]#[O+].[C-]#[O+].[C-]#[O+].[Ru+3]. The van der Waals surface area contributed by atoms with Crippen LogP contribution in [0.1, 0.15) is 0 Å². The van der Waals surface area contributed by atoms with Crippen molar-refractivity contribution in [1.29, 1.82) is 0 Å². The summed E-state index contributed by atoms with van der Waals surface area (Å²) in [6.07, 6.45) is 0. The van der Waals surface area contributed by atoms with Gasteiger partial charge < -0.3 is 16.4 Å². The van der Waals surface area contributed by atoms with Crippen LogP contribution in [0.15, 0.2) is 0 Å². The van der Waals surface area contributed by atoms with Crippen molar-refractivity contribution in [3.63, 3.8) is 0 Å². The van der Waals surface area contributed by atoms with Gasteiger partial charge in [-0.3, -0.25) is 0 Å². The van der Waals surface area contributed by atoms with Crippen LogP contribution < -0.4 is 0 Å². The number of rotatable bonds is 0. The minimum Gasteiger partial charge on any atom is 3.00 e. The van der Waals surface area contributed by atoms with Crippen molar-refractivity contribution in [3.8, 4) is 0 Å². The summed E-state index contributed by atoms with van der Waals surface area (Å²) in [5.41, 5.74) is 0. The van der Waals surface area contributed by atoms with Crippen molar-refractivity contribution in [2.24, 2.45) is 0 Å². The molecule has 7 heteroatoms. The molecule has 0 aliphatic carbocycles. The molecule has 6 nitrogen and oxygen atoms in total. The first kappa shape index (κ1) is 99.8. The van der Waals surface area contributed by atoms with E-state index in [2.05, 4.69) is 20.0 Å². The van der Waals surface area contributed by atoms with Gasteiger partial charge in [0.15, 0.2) is 0 Å². The molecule has 0 aromatic carbocycles. The maximum Gasteiger partial charge on any atom is 3.00 e. The molecule has 6 N–H and O–H groups in total. The maximum absolute atomic E-state index is 7.50. The average Bonchev–Trinajstić information content (AvgIpc) is 1.81. The van der Waals surface area contributed by atoms with E-state index < -0.39 is 0 Å². The Morgan fingerprint density at radius 1 is 0.500 bits per heavy atom. The van der Waals surface area contributed by atoms with E-state index >= 15 is 0 Å². The molecule has 0 saturated carbocycles. The van der Waals surface area contributed by atoms with Gasteiger partial charge in [0.2, 0.25) is 0 Å². The van der Waals surface area contributed by atoms with Crippen LogP contribution in [0.5, 0.6) is 0 Å². The molecule has 0 unspecified atom stereocenters. The van der Waals surface area contributed by atoms with Gasteiger partial charge in [-0.1, -0.05) is 0 Å². The minimum absolute atomic E-state index is 0. The Bertz CT molecular complexity index is 41.5. The molecule has 0 rings (SSSR count). The Balaban J connectivity index is -0.00000000225. The third kappa shape index (κ3) is 4560. The number of hydrogen-bond acceptors (Lipinski definition) is 0. The Morgan fingerprint density at radius 2 is 0.500 bits per heavy atom. The smallest absolute Gasteiger partial charge is 3.00 e. The molecule has 0 amide bonds. The molecule has 0 aromatic heterocycles. The van der Waals surface area contributed by atoms with E-state index in [0.717, 1.165) is 0 Å². The van der Waals surface area contributed by atoms with Crippen LogP contribution in [-0.4, -0.2) is 16.4 Å². The first-order valence-corrected chi connectivity index (χ1v) is 0.612. The summed E-state index contributed by atoms with van der Waals surface area (Å²) in [6.45, 7) is 13.5. The van der Waals surface area contributed by atoms with E-state index in [-0.39, 0.29) is 35.9 Å². The van der Waals surface area contributed by atoms with Gasteiger partial charge in [-0.2, -0.15) is 0 Å². The second-order valence-corrected chi connectivity index (χ2v) is 0. The standard InChI is InChI=1S/3CO.3H2O.Ru/c3*1-2;;;;/h;;;3*1H2;/q;;;;;;+3. The molecule has 0 aromatic rings. The van der Waals surface area contributed by atoms with Gasteiger partial charge in [0.05, 0.1) is 0 Å². The zero-order valence-corrected chi connectivity index (χ0v) is 6.32. The summed E-state index contributed by atoms with van der Waals surface area (Å²) in [7, 11) is 0. The van der Waals surface area contributed by atoms with Crippen molar-refractivity contribution >= 4 is 0 Å². The molecule has 59 valence electrons. The van der Waals surface area contributed by atoms with Gasteiger partial charge in [-0.25, -0.2) is 0 Å². The molecule has 0 spiro atoms. The summed E-state index contributed by atoms with van der Waals surface area (Å²) in [5.74, 6) is 0. The van der Waals surface area contributed by atoms with Crippen LogP contribution >= 0.6 is 0 Å². The van der Waals surface area contributed by atoms with Crippen LogP contribution in [0.2, 0.25) is 0 Å². The fraction of sp³-hybridized carbons (Fsp3) is 0. The van der Waals surface area contributed by atoms with Gasteiger partial charge in [-0.05, 0) is 0 Å². The molecule has 0 aliphatic rings. The van der Waals surface area contributed by atoms with Gasteiger partial charge in [0.25, 0.3) is 0 Å². The molecule has 0 aliphatic heterocycles. The predicted molar refractivity (Wildman–Crippen MR) is 22.6 cm³/mol. The molecule has 0 heterocycles.